The SMILES string of the molecule is CC1(C)c2cc(-c3ccccc3-c3nc(-c4ccccc4)nc(-c4ccccc4)n3)ccc2-c2ccc3c4ccccc4c4ccccc4c3c21. The molecule has 1 aromatic heterocycles. The molecule has 0 N–H and O–H groups in total. The van der Waals surface area contributed by atoms with Gasteiger partial charge in [0, 0.05) is 22.1 Å². The summed E-state index contributed by atoms with van der Waals surface area (Å²) in [4.78, 5) is 15.1. The minimum Gasteiger partial charge on any atom is -0.208 e. The predicted molar refractivity (Wildman–Crippen MR) is 212 cm³/mol. The van der Waals surface area contributed by atoms with E-state index in [1.807, 2.05) is 36.4 Å². The molecule has 3 heteroatoms. The molecule has 1 heterocycles. The highest BCUT2D eigenvalue weighted by molar-refractivity contribution is 6.27. The van der Waals surface area contributed by atoms with Crippen molar-refractivity contribution in [1.82, 2.24) is 15.0 Å². The molecule has 0 unspecified atom stereocenters. The van der Waals surface area contributed by atoms with Crippen LogP contribution in [0.2, 0.25) is 0 Å². The first-order chi connectivity index (χ1) is 25.1. The number of nitrogens with zero attached hydrogens (tertiary/aromatic N) is 3. The molecule has 8 aromatic carbocycles. The normalized spacial score (nSPS) is 13.1. The van der Waals surface area contributed by atoms with E-state index in [1.165, 1.54) is 54.6 Å². The van der Waals surface area contributed by atoms with Crippen LogP contribution in [0.4, 0.5) is 0 Å². The zero-order valence-corrected chi connectivity index (χ0v) is 28.4. The lowest BCUT2D eigenvalue weighted by atomic mass is 9.78. The largest absolute Gasteiger partial charge is 0.208 e. The molecule has 0 spiro atoms. The lowest BCUT2D eigenvalue weighted by Gasteiger charge is -2.25. The molecule has 0 aliphatic heterocycles. The molecule has 9 aromatic rings. The molecule has 0 saturated carbocycles. The van der Waals surface area contributed by atoms with Gasteiger partial charge in [-0.1, -0.05) is 172 Å². The van der Waals surface area contributed by atoms with Gasteiger partial charge in [-0.2, -0.15) is 0 Å². The lowest BCUT2D eigenvalue weighted by molar-refractivity contribution is 0.667. The van der Waals surface area contributed by atoms with Crippen LogP contribution in [0.25, 0.3) is 88.7 Å². The summed E-state index contributed by atoms with van der Waals surface area (Å²) in [5, 5.41) is 7.89. The maximum absolute atomic E-state index is 5.08. The van der Waals surface area contributed by atoms with E-state index in [0.29, 0.717) is 17.5 Å². The molecule has 240 valence electrons. The number of benzene rings is 8. The fourth-order valence-corrected chi connectivity index (χ4v) is 8.33. The van der Waals surface area contributed by atoms with E-state index in [0.717, 1.165) is 27.8 Å². The van der Waals surface area contributed by atoms with Gasteiger partial charge in [-0.15, -0.1) is 0 Å². The van der Waals surface area contributed by atoms with Crippen LogP contribution in [-0.4, -0.2) is 15.0 Å². The number of rotatable bonds is 4. The molecular weight excluding hydrogens is 619 g/mol. The molecule has 0 amide bonds. The minimum atomic E-state index is -0.228. The Bertz CT molecular complexity index is 2730. The van der Waals surface area contributed by atoms with Gasteiger partial charge in [0.1, 0.15) is 0 Å². The Morgan fingerprint density at radius 3 is 1.45 bits per heavy atom. The van der Waals surface area contributed by atoms with Gasteiger partial charge < -0.3 is 0 Å². The molecule has 0 atom stereocenters. The molecule has 1 aliphatic carbocycles. The Labute approximate surface area is 297 Å². The summed E-state index contributed by atoms with van der Waals surface area (Å²) in [5.74, 6) is 1.98. The molecular formula is C48H33N3. The summed E-state index contributed by atoms with van der Waals surface area (Å²) in [6.45, 7) is 4.78. The van der Waals surface area contributed by atoms with Crippen molar-refractivity contribution in [2.75, 3.05) is 0 Å². The maximum atomic E-state index is 5.08. The second-order valence-corrected chi connectivity index (χ2v) is 14.0. The van der Waals surface area contributed by atoms with E-state index in [9.17, 15) is 0 Å². The first-order valence-corrected chi connectivity index (χ1v) is 17.5. The highest BCUT2D eigenvalue weighted by Crippen LogP contribution is 2.54. The standard InChI is InChI=1S/C48H33N3/c1-48(2)42-29-32(25-26-37(42)40-28-27-39-36-22-11-10-20-34(36)35-21-12-13-23-38(35)43(39)44(40)48)33-19-9-14-24-41(33)47-50-45(30-15-5-3-6-16-30)49-46(51-47)31-17-7-4-8-18-31/h3-29H,1-2H3. The van der Waals surface area contributed by atoms with E-state index in [1.54, 1.807) is 0 Å². The van der Waals surface area contributed by atoms with Crippen molar-refractivity contribution < 1.29 is 0 Å². The van der Waals surface area contributed by atoms with Gasteiger partial charge in [0.25, 0.3) is 0 Å². The van der Waals surface area contributed by atoms with E-state index in [-0.39, 0.29) is 5.41 Å². The summed E-state index contributed by atoms with van der Waals surface area (Å²) in [6, 6.07) is 58.2. The Morgan fingerprint density at radius 2 is 0.824 bits per heavy atom. The van der Waals surface area contributed by atoms with E-state index < -0.39 is 0 Å². The zero-order valence-electron chi connectivity index (χ0n) is 28.4. The van der Waals surface area contributed by atoms with Crippen molar-refractivity contribution >= 4 is 32.3 Å². The summed E-state index contributed by atoms with van der Waals surface area (Å²) >= 11 is 0. The molecule has 0 saturated heterocycles. The average Bonchev–Trinajstić information content (AvgIpc) is 3.43. The van der Waals surface area contributed by atoms with Crippen LogP contribution in [0, 0.1) is 0 Å². The topological polar surface area (TPSA) is 38.7 Å². The smallest absolute Gasteiger partial charge is 0.164 e. The molecule has 0 fully saturated rings. The third kappa shape index (κ3) is 4.55. The molecule has 3 nitrogen and oxygen atoms in total. The number of aromatic nitrogens is 3. The maximum Gasteiger partial charge on any atom is 0.164 e. The second-order valence-electron chi connectivity index (χ2n) is 14.0. The number of fused-ring (bicyclic) bond motifs is 10. The van der Waals surface area contributed by atoms with Crippen molar-refractivity contribution in [1.29, 1.82) is 0 Å². The van der Waals surface area contributed by atoms with Crippen LogP contribution in [0.1, 0.15) is 25.0 Å². The predicted octanol–water partition coefficient (Wildman–Crippen LogP) is 12.3. The molecule has 0 bridgehead atoms. The lowest BCUT2D eigenvalue weighted by Crippen LogP contribution is -2.16. The monoisotopic (exact) mass is 651 g/mol. The van der Waals surface area contributed by atoms with Gasteiger partial charge >= 0.3 is 0 Å². The second kappa shape index (κ2) is 11.3. The van der Waals surface area contributed by atoms with Crippen molar-refractivity contribution in [2.45, 2.75) is 19.3 Å². The van der Waals surface area contributed by atoms with E-state index >= 15 is 0 Å². The summed E-state index contributed by atoms with van der Waals surface area (Å²) in [6.07, 6.45) is 0. The van der Waals surface area contributed by atoms with Crippen molar-refractivity contribution in [2.24, 2.45) is 0 Å². The first kappa shape index (κ1) is 29.5. The number of hydrogen-bond acceptors (Lipinski definition) is 3. The Kier molecular flexibility index (Phi) is 6.53. The highest BCUT2D eigenvalue weighted by Gasteiger charge is 2.38. The van der Waals surface area contributed by atoms with Crippen LogP contribution >= 0.6 is 0 Å². The van der Waals surface area contributed by atoms with Gasteiger partial charge in [-0.05, 0) is 71.8 Å². The third-order valence-electron chi connectivity index (χ3n) is 10.7. The molecule has 51 heavy (non-hydrogen) atoms. The zero-order chi connectivity index (χ0) is 34.1. The quantitative estimate of drug-likeness (QED) is 0.178. The Morgan fingerprint density at radius 1 is 0.353 bits per heavy atom. The first-order valence-electron chi connectivity index (χ1n) is 17.5. The molecule has 1 aliphatic rings. The van der Waals surface area contributed by atoms with Crippen molar-refractivity contribution in [3.63, 3.8) is 0 Å². The summed E-state index contributed by atoms with van der Waals surface area (Å²) in [5.41, 5.74) is 10.3. The van der Waals surface area contributed by atoms with Crippen LogP contribution < -0.4 is 0 Å². The van der Waals surface area contributed by atoms with Crippen molar-refractivity contribution in [3.8, 4) is 56.4 Å². The summed E-state index contributed by atoms with van der Waals surface area (Å²) in [7, 11) is 0. The Balaban J connectivity index is 1.16. The van der Waals surface area contributed by atoms with Crippen LogP contribution in [-0.2, 0) is 5.41 Å². The minimum absolute atomic E-state index is 0.228. The fourth-order valence-electron chi connectivity index (χ4n) is 8.33. The molecule has 0 radical (unpaired) electrons. The van der Waals surface area contributed by atoms with Crippen LogP contribution in [0.5, 0.6) is 0 Å². The summed E-state index contributed by atoms with van der Waals surface area (Å²) < 4.78 is 0. The van der Waals surface area contributed by atoms with Gasteiger partial charge in [-0.25, -0.2) is 15.0 Å². The van der Waals surface area contributed by atoms with E-state index in [4.69, 9.17) is 15.0 Å². The van der Waals surface area contributed by atoms with Gasteiger partial charge in [-0.3, -0.25) is 0 Å². The van der Waals surface area contributed by atoms with Crippen LogP contribution in [0.15, 0.2) is 164 Å². The number of hydrogen-bond donors (Lipinski definition) is 0. The average molecular weight is 652 g/mol. The third-order valence-corrected chi connectivity index (χ3v) is 10.7. The fraction of sp³-hybridized carbons (Fsp3) is 0.0625. The van der Waals surface area contributed by atoms with Gasteiger partial charge in [0.05, 0.1) is 0 Å². The molecule has 10 rings (SSSR count). The Hall–Kier alpha value is -6.45. The van der Waals surface area contributed by atoms with E-state index in [2.05, 4.69) is 141 Å². The highest BCUT2D eigenvalue weighted by atomic mass is 15.0. The van der Waals surface area contributed by atoms with Gasteiger partial charge in [0.15, 0.2) is 17.5 Å². The van der Waals surface area contributed by atoms with Crippen LogP contribution in [0.3, 0.4) is 0 Å². The van der Waals surface area contributed by atoms with Crippen molar-refractivity contribution in [3.05, 3.63) is 175 Å². The van der Waals surface area contributed by atoms with Gasteiger partial charge in [0.2, 0.25) is 0 Å².